The van der Waals surface area contributed by atoms with Gasteiger partial charge in [-0.25, -0.2) is 9.98 Å². The normalized spacial score (nSPS) is 14.9. The van der Waals surface area contributed by atoms with Crippen LogP contribution in [0.25, 0.3) is 0 Å². The van der Waals surface area contributed by atoms with Gasteiger partial charge in [-0.3, -0.25) is 4.90 Å². The largest absolute Gasteiger partial charge is 0.492 e. The van der Waals surface area contributed by atoms with Crippen LogP contribution in [-0.4, -0.2) is 80.7 Å². The number of guanidine groups is 1. The lowest BCUT2D eigenvalue weighted by molar-refractivity contribution is 0.152. The van der Waals surface area contributed by atoms with E-state index in [9.17, 15) is 0 Å². The SMILES string of the molecule is CCNC(=NCc1csc(N(C)C)n1)N1CCN(CCOc2ccccc2)CC1.I. The maximum Gasteiger partial charge on any atom is 0.194 e. The lowest BCUT2D eigenvalue weighted by Crippen LogP contribution is -2.53. The molecule has 0 amide bonds. The number of hydrogen-bond donors (Lipinski definition) is 1. The number of anilines is 1. The third-order valence-corrected chi connectivity index (χ3v) is 5.80. The van der Waals surface area contributed by atoms with E-state index >= 15 is 0 Å². The number of aliphatic imine (C=N–C) groups is 1. The molecule has 1 aliphatic heterocycles. The van der Waals surface area contributed by atoms with E-state index in [4.69, 9.17) is 9.73 Å². The molecule has 0 bridgehead atoms. The van der Waals surface area contributed by atoms with Gasteiger partial charge in [0.25, 0.3) is 0 Å². The minimum atomic E-state index is 0. The topological polar surface area (TPSA) is 56.2 Å². The first-order chi connectivity index (χ1) is 14.2. The summed E-state index contributed by atoms with van der Waals surface area (Å²) in [4.78, 5) is 16.3. The number of ether oxygens (including phenoxy) is 1. The molecule has 166 valence electrons. The Morgan fingerprint density at radius 3 is 2.57 bits per heavy atom. The quantitative estimate of drug-likeness (QED) is 0.314. The predicted octanol–water partition coefficient (Wildman–Crippen LogP) is 2.99. The zero-order chi connectivity index (χ0) is 20.5. The summed E-state index contributed by atoms with van der Waals surface area (Å²) in [7, 11) is 4.03. The first-order valence-electron chi connectivity index (χ1n) is 10.2. The molecular weight excluding hydrogens is 511 g/mol. The summed E-state index contributed by atoms with van der Waals surface area (Å²) < 4.78 is 5.83. The van der Waals surface area contributed by atoms with E-state index in [1.807, 2.05) is 49.3 Å². The lowest BCUT2D eigenvalue weighted by Gasteiger charge is -2.36. The Balaban J connectivity index is 0.00000320. The molecule has 0 radical (unpaired) electrons. The van der Waals surface area contributed by atoms with E-state index in [2.05, 4.69) is 32.4 Å². The van der Waals surface area contributed by atoms with Crippen LogP contribution in [0.15, 0.2) is 40.7 Å². The maximum absolute atomic E-state index is 5.83. The molecule has 30 heavy (non-hydrogen) atoms. The molecule has 7 nitrogen and oxygen atoms in total. The van der Waals surface area contributed by atoms with Crippen LogP contribution in [0.4, 0.5) is 5.13 Å². The highest BCUT2D eigenvalue weighted by Crippen LogP contribution is 2.18. The fourth-order valence-corrected chi connectivity index (χ4v) is 3.90. The first kappa shape index (κ1) is 24.7. The molecule has 3 rings (SSSR count). The first-order valence-corrected chi connectivity index (χ1v) is 11.1. The van der Waals surface area contributed by atoms with Crippen molar-refractivity contribution < 1.29 is 4.74 Å². The van der Waals surface area contributed by atoms with Crippen molar-refractivity contribution in [2.75, 3.05) is 64.9 Å². The second kappa shape index (κ2) is 13.0. The van der Waals surface area contributed by atoms with Crippen molar-refractivity contribution in [3.05, 3.63) is 41.4 Å². The highest BCUT2D eigenvalue weighted by Gasteiger charge is 2.19. The van der Waals surface area contributed by atoms with Crippen molar-refractivity contribution >= 4 is 46.4 Å². The summed E-state index contributed by atoms with van der Waals surface area (Å²) in [6.07, 6.45) is 0. The van der Waals surface area contributed by atoms with Crippen LogP contribution in [0.5, 0.6) is 5.75 Å². The Morgan fingerprint density at radius 1 is 1.20 bits per heavy atom. The van der Waals surface area contributed by atoms with Crippen molar-refractivity contribution in [2.45, 2.75) is 13.5 Å². The number of hydrogen-bond acceptors (Lipinski definition) is 6. The van der Waals surface area contributed by atoms with Gasteiger partial charge in [0, 0.05) is 58.7 Å². The Morgan fingerprint density at radius 2 is 1.93 bits per heavy atom. The number of para-hydroxylation sites is 1. The van der Waals surface area contributed by atoms with Gasteiger partial charge in [0.2, 0.25) is 0 Å². The number of nitrogens with one attached hydrogen (secondary N) is 1. The molecule has 2 heterocycles. The summed E-state index contributed by atoms with van der Waals surface area (Å²) >= 11 is 1.66. The predicted molar refractivity (Wildman–Crippen MR) is 137 cm³/mol. The molecule has 1 aromatic heterocycles. The number of halogens is 1. The highest BCUT2D eigenvalue weighted by molar-refractivity contribution is 14.0. The molecule has 1 aromatic carbocycles. The molecule has 9 heteroatoms. The smallest absolute Gasteiger partial charge is 0.194 e. The Bertz CT molecular complexity index is 762. The Hall–Kier alpha value is -1.59. The van der Waals surface area contributed by atoms with Gasteiger partial charge in [0.1, 0.15) is 12.4 Å². The number of benzene rings is 1. The van der Waals surface area contributed by atoms with Gasteiger partial charge in [-0.15, -0.1) is 35.3 Å². The molecule has 0 spiro atoms. The summed E-state index contributed by atoms with van der Waals surface area (Å²) in [6, 6.07) is 10.0. The minimum absolute atomic E-state index is 0. The maximum atomic E-state index is 5.83. The third-order valence-electron chi connectivity index (χ3n) is 4.74. The van der Waals surface area contributed by atoms with Crippen LogP contribution >= 0.6 is 35.3 Å². The van der Waals surface area contributed by atoms with E-state index in [-0.39, 0.29) is 24.0 Å². The van der Waals surface area contributed by atoms with Crippen LogP contribution in [0.2, 0.25) is 0 Å². The van der Waals surface area contributed by atoms with Gasteiger partial charge in [-0.1, -0.05) is 18.2 Å². The fourth-order valence-electron chi connectivity index (χ4n) is 3.15. The highest BCUT2D eigenvalue weighted by atomic mass is 127. The lowest BCUT2D eigenvalue weighted by atomic mass is 10.3. The summed E-state index contributed by atoms with van der Waals surface area (Å²) in [5, 5.41) is 6.54. The van der Waals surface area contributed by atoms with Crippen LogP contribution in [-0.2, 0) is 6.54 Å². The van der Waals surface area contributed by atoms with Gasteiger partial charge in [0.15, 0.2) is 11.1 Å². The van der Waals surface area contributed by atoms with E-state index in [1.54, 1.807) is 11.3 Å². The Kier molecular flexibility index (Phi) is 10.7. The fraction of sp³-hybridized carbons (Fsp3) is 0.524. The second-order valence-corrected chi connectivity index (χ2v) is 8.01. The van der Waals surface area contributed by atoms with E-state index < -0.39 is 0 Å². The van der Waals surface area contributed by atoms with Gasteiger partial charge in [-0.05, 0) is 19.1 Å². The monoisotopic (exact) mass is 544 g/mol. The Labute approximate surface area is 201 Å². The number of rotatable bonds is 8. The molecule has 1 N–H and O–H groups in total. The van der Waals surface area contributed by atoms with E-state index in [0.717, 1.165) is 68.4 Å². The summed E-state index contributed by atoms with van der Waals surface area (Å²) in [5.41, 5.74) is 1.02. The molecule has 0 saturated carbocycles. The molecule has 1 saturated heterocycles. The van der Waals surface area contributed by atoms with Crippen LogP contribution < -0.4 is 15.0 Å². The summed E-state index contributed by atoms with van der Waals surface area (Å²) in [5.74, 6) is 1.92. The van der Waals surface area contributed by atoms with Crippen molar-refractivity contribution in [1.82, 2.24) is 20.1 Å². The van der Waals surface area contributed by atoms with Crippen molar-refractivity contribution in [3.63, 3.8) is 0 Å². The number of aromatic nitrogens is 1. The van der Waals surface area contributed by atoms with E-state index in [1.165, 1.54) is 0 Å². The summed E-state index contributed by atoms with van der Waals surface area (Å²) in [6.45, 7) is 9.22. The van der Waals surface area contributed by atoms with Gasteiger partial charge >= 0.3 is 0 Å². The standard InChI is InChI=1S/C21H32N6OS.HI/c1-4-22-20(23-16-18-17-29-21(24-18)25(2)3)27-12-10-26(11-13-27)14-15-28-19-8-6-5-7-9-19;/h5-9,17H,4,10-16H2,1-3H3,(H,22,23);1H. The van der Waals surface area contributed by atoms with E-state index in [0.29, 0.717) is 6.54 Å². The molecule has 0 unspecified atom stereocenters. The van der Waals surface area contributed by atoms with Gasteiger partial charge in [0.05, 0.1) is 12.2 Å². The molecular formula is C21H33IN6OS. The average Bonchev–Trinajstić information content (AvgIpc) is 3.22. The van der Waals surface area contributed by atoms with Crippen molar-refractivity contribution in [2.24, 2.45) is 4.99 Å². The molecule has 0 aliphatic carbocycles. The zero-order valence-corrected chi connectivity index (χ0v) is 21.2. The van der Waals surface area contributed by atoms with Crippen LogP contribution in [0, 0.1) is 0 Å². The minimum Gasteiger partial charge on any atom is -0.492 e. The molecule has 1 fully saturated rings. The van der Waals surface area contributed by atoms with Gasteiger partial charge in [-0.2, -0.15) is 0 Å². The van der Waals surface area contributed by atoms with Crippen molar-refractivity contribution in [3.8, 4) is 5.75 Å². The molecule has 1 aliphatic rings. The molecule has 2 aromatic rings. The average molecular weight is 545 g/mol. The third kappa shape index (κ3) is 7.59. The zero-order valence-electron chi connectivity index (χ0n) is 18.1. The van der Waals surface area contributed by atoms with Crippen LogP contribution in [0.1, 0.15) is 12.6 Å². The van der Waals surface area contributed by atoms with Crippen molar-refractivity contribution in [1.29, 1.82) is 0 Å². The van der Waals surface area contributed by atoms with Gasteiger partial charge < -0.3 is 19.9 Å². The number of thiazole rings is 1. The molecule has 0 atom stereocenters. The second-order valence-electron chi connectivity index (χ2n) is 7.18. The number of nitrogens with zero attached hydrogens (tertiary/aromatic N) is 5. The van der Waals surface area contributed by atoms with Crippen LogP contribution in [0.3, 0.4) is 0 Å². The number of piperazine rings is 1.